The molecule has 2 aliphatic heterocycles. The number of ether oxygens (including phenoxy) is 4. The zero-order valence-electron chi connectivity index (χ0n) is 25.5. The molecule has 2 unspecified atom stereocenters. The lowest BCUT2D eigenvalue weighted by Gasteiger charge is -2.35. The van der Waals surface area contributed by atoms with Crippen LogP contribution in [-0.4, -0.2) is 93.7 Å². The van der Waals surface area contributed by atoms with E-state index in [1.54, 1.807) is 69.2 Å². The first-order chi connectivity index (χ1) is 18.3. The van der Waals surface area contributed by atoms with Crippen molar-refractivity contribution in [3.05, 3.63) is 22.7 Å². The van der Waals surface area contributed by atoms with Crippen molar-refractivity contribution in [2.24, 2.45) is 0 Å². The molecule has 40 heavy (non-hydrogen) atoms. The molecule has 0 saturated carbocycles. The van der Waals surface area contributed by atoms with Gasteiger partial charge in [0.05, 0.1) is 36.9 Å². The van der Waals surface area contributed by atoms with Gasteiger partial charge in [0.2, 0.25) is 0 Å². The van der Waals surface area contributed by atoms with Gasteiger partial charge < -0.3 is 39.0 Å². The average molecular weight is 571 g/mol. The number of aliphatic hydroxyl groups excluding tert-OH is 2. The Kier molecular flexibility index (Phi) is 12.3. The molecule has 0 aromatic rings. The summed E-state index contributed by atoms with van der Waals surface area (Å²) in [6.45, 7) is 18.3. The number of carbonyl (C=O) groups excluding carboxylic acids is 4. The molecular formula is C28H46N2O10. The third-order valence-electron chi connectivity index (χ3n) is 5.76. The van der Waals surface area contributed by atoms with E-state index in [1.165, 1.54) is 9.80 Å². The predicted octanol–water partition coefficient (Wildman–Crippen LogP) is 4.78. The number of esters is 2. The number of hydrogen-bond donors (Lipinski definition) is 2. The molecule has 0 fully saturated rings. The smallest absolute Gasteiger partial charge is 0.410 e. The summed E-state index contributed by atoms with van der Waals surface area (Å²) in [4.78, 5) is 50.7. The quantitative estimate of drug-likeness (QED) is 0.357. The minimum atomic E-state index is -0.607. The van der Waals surface area contributed by atoms with E-state index in [0.29, 0.717) is 6.54 Å². The van der Waals surface area contributed by atoms with Gasteiger partial charge in [-0.3, -0.25) is 0 Å². The molecule has 2 heterocycles. The molecule has 0 aliphatic carbocycles. The maximum Gasteiger partial charge on any atom is 0.410 e. The van der Waals surface area contributed by atoms with Crippen LogP contribution in [-0.2, 0) is 28.5 Å². The SMILES string of the molecule is CCOC(=O)C1=C(O)CC(C)N(C(=O)OC(C)(C)C)C1.CCOC(=O)C1=C(O)CCN(C(=O)OC(C)(C)C)C1C. The molecule has 0 radical (unpaired) electrons. The molecule has 2 atom stereocenters. The minimum Gasteiger partial charge on any atom is -0.512 e. The standard InChI is InChI=1S/2C14H23NO5/c1-6-19-12(17)10-8-15(9(2)7-11(10)16)13(18)20-14(3,4)5;1-6-19-12(17)11-9(2)15(8-7-10(11)16)13(18)20-14(3,4)5/h2*9,16H,6-8H2,1-5H3. The number of amides is 2. The number of aliphatic hydroxyl groups is 2. The second kappa shape index (κ2) is 14.3. The van der Waals surface area contributed by atoms with Gasteiger partial charge in [-0.2, -0.15) is 0 Å². The lowest BCUT2D eigenvalue weighted by atomic mass is 10.00. The van der Waals surface area contributed by atoms with Gasteiger partial charge in [0, 0.05) is 25.4 Å². The van der Waals surface area contributed by atoms with Crippen molar-refractivity contribution in [2.75, 3.05) is 26.3 Å². The van der Waals surface area contributed by atoms with Crippen LogP contribution in [0.2, 0.25) is 0 Å². The van der Waals surface area contributed by atoms with E-state index in [0.717, 1.165) is 0 Å². The first-order valence-corrected chi connectivity index (χ1v) is 13.5. The summed E-state index contributed by atoms with van der Waals surface area (Å²) in [7, 11) is 0. The molecule has 12 nitrogen and oxygen atoms in total. The molecule has 2 rings (SSSR count). The Hall–Kier alpha value is -3.44. The molecule has 0 saturated heterocycles. The topological polar surface area (TPSA) is 152 Å². The Bertz CT molecular complexity index is 978. The van der Waals surface area contributed by atoms with Gasteiger partial charge in [-0.1, -0.05) is 0 Å². The summed E-state index contributed by atoms with van der Waals surface area (Å²) < 4.78 is 20.4. The molecule has 2 amide bonds. The Morgan fingerprint density at radius 3 is 1.75 bits per heavy atom. The number of hydrogen-bond acceptors (Lipinski definition) is 10. The second-order valence-electron chi connectivity index (χ2n) is 11.5. The Balaban J connectivity index is 0.000000400. The van der Waals surface area contributed by atoms with Crippen molar-refractivity contribution in [1.29, 1.82) is 0 Å². The first kappa shape index (κ1) is 34.6. The second-order valence-corrected chi connectivity index (χ2v) is 11.5. The molecule has 2 aliphatic rings. The van der Waals surface area contributed by atoms with E-state index >= 15 is 0 Å². The van der Waals surface area contributed by atoms with Gasteiger partial charge in [0.25, 0.3) is 0 Å². The van der Waals surface area contributed by atoms with Crippen molar-refractivity contribution in [2.45, 2.75) is 105 Å². The molecule has 0 spiro atoms. The van der Waals surface area contributed by atoms with Crippen molar-refractivity contribution in [3.8, 4) is 0 Å². The Labute approximate surface area is 236 Å². The normalized spacial score (nSPS) is 19.9. The number of carbonyl (C=O) groups is 4. The van der Waals surface area contributed by atoms with E-state index < -0.39 is 41.4 Å². The minimum absolute atomic E-state index is 0.000741. The van der Waals surface area contributed by atoms with Gasteiger partial charge in [0.1, 0.15) is 22.7 Å². The number of nitrogens with zero attached hydrogens (tertiary/aromatic N) is 2. The summed E-state index contributed by atoms with van der Waals surface area (Å²) >= 11 is 0. The Morgan fingerprint density at radius 2 is 1.27 bits per heavy atom. The first-order valence-electron chi connectivity index (χ1n) is 13.5. The van der Waals surface area contributed by atoms with Gasteiger partial charge in [-0.25, -0.2) is 19.2 Å². The number of rotatable bonds is 4. The molecule has 0 aromatic carbocycles. The van der Waals surface area contributed by atoms with Crippen LogP contribution in [0.3, 0.4) is 0 Å². The zero-order chi connectivity index (χ0) is 31.0. The highest BCUT2D eigenvalue weighted by molar-refractivity contribution is 5.91. The average Bonchev–Trinajstić information content (AvgIpc) is 2.77. The van der Waals surface area contributed by atoms with Crippen LogP contribution in [0.1, 0.15) is 82.1 Å². The summed E-state index contributed by atoms with van der Waals surface area (Å²) in [5.41, 5.74) is -0.964. The maximum atomic E-state index is 12.1. The van der Waals surface area contributed by atoms with Crippen molar-refractivity contribution >= 4 is 24.1 Å². The van der Waals surface area contributed by atoms with E-state index in [9.17, 15) is 29.4 Å². The fourth-order valence-corrected chi connectivity index (χ4v) is 3.92. The van der Waals surface area contributed by atoms with Crippen LogP contribution < -0.4 is 0 Å². The lowest BCUT2D eigenvalue weighted by molar-refractivity contribution is -0.140. The Morgan fingerprint density at radius 1 is 0.800 bits per heavy atom. The summed E-state index contributed by atoms with van der Waals surface area (Å²) in [6, 6.07) is -0.805. The monoisotopic (exact) mass is 570 g/mol. The fraction of sp³-hybridized carbons (Fsp3) is 0.714. The summed E-state index contributed by atoms with van der Waals surface area (Å²) in [5, 5.41) is 19.7. The molecular weight excluding hydrogens is 524 g/mol. The molecule has 12 heteroatoms. The van der Waals surface area contributed by atoms with Crippen LogP contribution in [0, 0.1) is 0 Å². The predicted molar refractivity (Wildman–Crippen MR) is 147 cm³/mol. The van der Waals surface area contributed by atoms with Gasteiger partial charge in [-0.15, -0.1) is 0 Å². The van der Waals surface area contributed by atoms with Crippen LogP contribution in [0.25, 0.3) is 0 Å². The fourth-order valence-electron chi connectivity index (χ4n) is 3.92. The molecule has 228 valence electrons. The third kappa shape index (κ3) is 10.3. The van der Waals surface area contributed by atoms with E-state index in [1.807, 2.05) is 0 Å². The zero-order valence-corrected chi connectivity index (χ0v) is 25.5. The lowest BCUT2D eigenvalue weighted by Crippen LogP contribution is -2.47. The van der Waals surface area contributed by atoms with Crippen LogP contribution in [0.15, 0.2) is 22.7 Å². The van der Waals surface area contributed by atoms with E-state index in [2.05, 4.69) is 0 Å². The van der Waals surface area contributed by atoms with Crippen molar-refractivity contribution in [3.63, 3.8) is 0 Å². The maximum absolute atomic E-state index is 12.1. The summed E-state index contributed by atoms with van der Waals surface area (Å²) in [5.74, 6) is -1.22. The molecule has 0 bridgehead atoms. The van der Waals surface area contributed by atoms with Gasteiger partial charge >= 0.3 is 24.1 Å². The molecule has 0 aromatic heterocycles. The van der Waals surface area contributed by atoms with Crippen molar-refractivity contribution in [1.82, 2.24) is 9.80 Å². The summed E-state index contributed by atoms with van der Waals surface area (Å²) in [6.07, 6.45) is -0.566. The van der Waals surface area contributed by atoms with Gasteiger partial charge in [0.15, 0.2) is 0 Å². The van der Waals surface area contributed by atoms with E-state index in [-0.39, 0.29) is 61.3 Å². The van der Waals surface area contributed by atoms with Crippen LogP contribution in [0.5, 0.6) is 0 Å². The van der Waals surface area contributed by atoms with Crippen LogP contribution >= 0.6 is 0 Å². The van der Waals surface area contributed by atoms with Crippen molar-refractivity contribution < 1.29 is 48.3 Å². The molecule has 2 N–H and O–H groups in total. The van der Waals surface area contributed by atoms with E-state index in [4.69, 9.17) is 18.9 Å². The van der Waals surface area contributed by atoms with Gasteiger partial charge in [-0.05, 0) is 69.2 Å². The highest BCUT2D eigenvalue weighted by Crippen LogP contribution is 2.26. The highest BCUT2D eigenvalue weighted by Gasteiger charge is 2.37. The highest BCUT2D eigenvalue weighted by atomic mass is 16.6. The van der Waals surface area contributed by atoms with Crippen LogP contribution in [0.4, 0.5) is 9.59 Å². The third-order valence-corrected chi connectivity index (χ3v) is 5.76. The largest absolute Gasteiger partial charge is 0.512 e.